The molecule has 3 heteroatoms. The molecule has 0 aliphatic carbocycles. The number of halogens is 1. The molecule has 0 bridgehead atoms. The van der Waals surface area contributed by atoms with Crippen molar-refractivity contribution in [1.29, 1.82) is 0 Å². The first-order valence-corrected chi connectivity index (χ1v) is 8.15. The van der Waals surface area contributed by atoms with E-state index >= 15 is 0 Å². The number of anilines is 1. The summed E-state index contributed by atoms with van der Waals surface area (Å²) in [7, 11) is 0. The number of hydrogen-bond acceptors (Lipinski definition) is 2. The Morgan fingerprint density at radius 2 is 2.16 bits per heavy atom. The Hall–Kier alpha value is -0.540. The Labute approximate surface area is 125 Å². The second-order valence-electron chi connectivity index (χ2n) is 5.86. The molecule has 19 heavy (non-hydrogen) atoms. The van der Waals surface area contributed by atoms with Crippen LogP contribution in [0.4, 0.5) is 5.69 Å². The molecule has 1 fully saturated rings. The van der Waals surface area contributed by atoms with Crippen molar-refractivity contribution in [2.24, 2.45) is 0 Å². The molecule has 106 valence electrons. The summed E-state index contributed by atoms with van der Waals surface area (Å²) in [4.78, 5) is 2.53. The Kier molecular flexibility index (Phi) is 5.28. The largest absolute Gasteiger partial charge is 0.368 e. The van der Waals surface area contributed by atoms with Crippen LogP contribution < -0.4 is 10.2 Å². The van der Waals surface area contributed by atoms with E-state index < -0.39 is 0 Å². The van der Waals surface area contributed by atoms with Crippen LogP contribution in [0, 0.1) is 0 Å². The quantitative estimate of drug-likeness (QED) is 0.886. The fourth-order valence-corrected chi connectivity index (χ4v) is 3.33. The van der Waals surface area contributed by atoms with Crippen LogP contribution in [0.25, 0.3) is 0 Å². The monoisotopic (exact) mass is 324 g/mol. The van der Waals surface area contributed by atoms with Gasteiger partial charge in [0.1, 0.15) is 0 Å². The van der Waals surface area contributed by atoms with Gasteiger partial charge in [-0.3, -0.25) is 0 Å². The van der Waals surface area contributed by atoms with Gasteiger partial charge in [0, 0.05) is 29.6 Å². The number of hydrogen-bond donors (Lipinski definition) is 1. The van der Waals surface area contributed by atoms with Crippen molar-refractivity contribution < 1.29 is 0 Å². The molecule has 1 aliphatic rings. The molecule has 0 radical (unpaired) electrons. The SMILES string of the molecule is CC(C)NCc1ccc(N2CCCCC2C)c(Br)c1. The van der Waals surface area contributed by atoms with E-state index in [0.717, 1.165) is 6.54 Å². The molecule has 0 saturated carbocycles. The van der Waals surface area contributed by atoms with Crippen LogP contribution in [-0.2, 0) is 6.54 Å². The van der Waals surface area contributed by atoms with Gasteiger partial charge in [0.25, 0.3) is 0 Å². The molecule has 1 heterocycles. The lowest BCUT2D eigenvalue weighted by Gasteiger charge is -2.36. The van der Waals surface area contributed by atoms with E-state index in [-0.39, 0.29) is 0 Å². The Bertz CT molecular complexity index is 417. The van der Waals surface area contributed by atoms with Crippen molar-refractivity contribution in [2.75, 3.05) is 11.4 Å². The van der Waals surface area contributed by atoms with Crippen molar-refractivity contribution in [2.45, 2.75) is 58.7 Å². The highest BCUT2D eigenvalue weighted by Crippen LogP contribution is 2.32. The average Bonchev–Trinajstić information content (AvgIpc) is 2.38. The smallest absolute Gasteiger partial charge is 0.0513 e. The highest BCUT2D eigenvalue weighted by molar-refractivity contribution is 9.10. The Morgan fingerprint density at radius 1 is 1.37 bits per heavy atom. The summed E-state index contributed by atoms with van der Waals surface area (Å²) in [6, 6.07) is 7.96. The average molecular weight is 325 g/mol. The minimum Gasteiger partial charge on any atom is -0.368 e. The number of piperidine rings is 1. The molecule has 1 aromatic carbocycles. The fourth-order valence-electron chi connectivity index (χ4n) is 2.67. The minimum absolute atomic E-state index is 0.528. The molecule has 1 aromatic rings. The predicted molar refractivity (Wildman–Crippen MR) is 86.8 cm³/mol. The van der Waals surface area contributed by atoms with Crippen molar-refractivity contribution in [3.63, 3.8) is 0 Å². The molecule has 2 nitrogen and oxygen atoms in total. The zero-order valence-corrected chi connectivity index (χ0v) is 13.8. The number of benzene rings is 1. The molecule has 1 saturated heterocycles. The van der Waals surface area contributed by atoms with E-state index in [9.17, 15) is 0 Å². The van der Waals surface area contributed by atoms with Crippen molar-refractivity contribution >= 4 is 21.6 Å². The number of nitrogens with zero attached hydrogens (tertiary/aromatic N) is 1. The lowest BCUT2D eigenvalue weighted by atomic mass is 10.0. The van der Waals surface area contributed by atoms with Crippen LogP contribution in [0.1, 0.15) is 45.6 Å². The summed E-state index contributed by atoms with van der Waals surface area (Å²) < 4.78 is 1.23. The van der Waals surface area contributed by atoms with Gasteiger partial charge in [-0.05, 0) is 59.8 Å². The highest BCUT2D eigenvalue weighted by atomic mass is 79.9. The third-order valence-electron chi connectivity index (χ3n) is 3.84. The number of nitrogens with one attached hydrogen (secondary N) is 1. The van der Waals surface area contributed by atoms with Gasteiger partial charge in [0.05, 0.1) is 5.69 Å². The summed E-state index contributed by atoms with van der Waals surface area (Å²) in [6.07, 6.45) is 3.99. The summed E-state index contributed by atoms with van der Waals surface area (Å²) in [6.45, 7) is 8.81. The van der Waals surface area contributed by atoms with Gasteiger partial charge in [-0.15, -0.1) is 0 Å². The van der Waals surface area contributed by atoms with Gasteiger partial charge in [-0.25, -0.2) is 0 Å². The fraction of sp³-hybridized carbons (Fsp3) is 0.625. The van der Waals surface area contributed by atoms with E-state index in [1.165, 1.54) is 41.5 Å². The molecule has 1 atom stereocenters. The first-order chi connectivity index (χ1) is 9.08. The third-order valence-corrected chi connectivity index (χ3v) is 4.47. The summed E-state index contributed by atoms with van der Waals surface area (Å²) >= 11 is 3.75. The molecular formula is C16H25BrN2. The van der Waals surface area contributed by atoms with Crippen LogP contribution >= 0.6 is 15.9 Å². The van der Waals surface area contributed by atoms with Crippen molar-refractivity contribution in [1.82, 2.24) is 5.32 Å². The van der Waals surface area contributed by atoms with Crippen molar-refractivity contribution in [3.05, 3.63) is 28.2 Å². The molecule has 1 unspecified atom stereocenters. The summed E-state index contributed by atoms with van der Waals surface area (Å²) in [5, 5.41) is 3.46. The standard InChI is InChI=1S/C16H25BrN2/c1-12(2)18-11-14-7-8-16(15(17)10-14)19-9-5-4-6-13(19)3/h7-8,10,12-13,18H,4-6,9,11H2,1-3H3. The van der Waals surface area contributed by atoms with Gasteiger partial charge >= 0.3 is 0 Å². The first-order valence-electron chi connectivity index (χ1n) is 7.36. The summed E-state index contributed by atoms with van der Waals surface area (Å²) in [5.41, 5.74) is 2.69. The molecular weight excluding hydrogens is 300 g/mol. The molecule has 0 amide bonds. The second-order valence-corrected chi connectivity index (χ2v) is 6.71. The maximum Gasteiger partial charge on any atom is 0.0513 e. The van der Waals surface area contributed by atoms with Gasteiger partial charge in [-0.2, -0.15) is 0 Å². The molecule has 0 spiro atoms. The Morgan fingerprint density at radius 3 is 2.79 bits per heavy atom. The van der Waals surface area contributed by atoms with E-state index in [1.807, 2.05) is 0 Å². The number of rotatable bonds is 4. The normalized spacial score (nSPS) is 20.1. The topological polar surface area (TPSA) is 15.3 Å². The minimum atomic E-state index is 0.528. The maximum absolute atomic E-state index is 3.75. The second kappa shape index (κ2) is 6.76. The zero-order valence-electron chi connectivity index (χ0n) is 12.2. The van der Waals surface area contributed by atoms with E-state index in [0.29, 0.717) is 12.1 Å². The lowest BCUT2D eigenvalue weighted by molar-refractivity contribution is 0.484. The van der Waals surface area contributed by atoms with Crippen LogP contribution in [0.3, 0.4) is 0 Å². The molecule has 1 aliphatic heterocycles. The van der Waals surface area contributed by atoms with Crippen molar-refractivity contribution in [3.8, 4) is 0 Å². The molecule has 0 aromatic heterocycles. The van der Waals surface area contributed by atoms with E-state index in [1.54, 1.807) is 0 Å². The van der Waals surface area contributed by atoms with E-state index in [2.05, 4.69) is 65.1 Å². The molecule has 2 rings (SSSR count). The van der Waals surface area contributed by atoms with Gasteiger partial charge in [-0.1, -0.05) is 19.9 Å². The van der Waals surface area contributed by atoms with Crippen LogP contribution in [0.5, 0.6) is 0 Å². The van der Waals surface area contributed by atoms with Gasteiger partial charge < -0.3 is 10.2 Å². The Balaban J connectivity index is 2.10. The van der Waals surface area contributed by atoms with Gasteiger partial charge in [0.2, 0.25) is 0 Å². The van der Waals surface area contributed by atoms with Crippen LogP contribution in [-0.4, -0.2) is 18.6 Å². The van der Waals surface area contributed by atoms with Crippen LogP contribution in [0.2, 0.25) is 0 Å². The summed E-state index contributed by atoms with van der Waals surface area (Å²) in [5.74, 6) is 0. The third kappa shape index (κ3) is 3.96. The first kappa shape index (κ1) is 14.9. The zero-order chi connectivity index (χ0) is 13.8. The van der Waals surface area contributed by atoms with Gasteiger partial charge in [0.15, 0.2) is 0 Å². The van der Waals surface area contributed by atoms with E-state index in [4.69, 9.17) is 0 Å². The predicted octanol–water partition coefficient (Wildman–Crippen LogP) is 4.33. The lowest BCUT2D eigenvalue weighted by Crippen LogP contribution is -2.37. The highest BCUT2D eigenvalue weighted by Gasteiger charge is 2.20. The van der Waals surface area contributed by atoms with Crippen LogP contribution in [0.15, 0.2) is 22.7 Å². The molecule has 1 N–H and O–H groups in total. The maximum atomic E-state index is 3.75.